The van der Waals surface area contributed by atoms with Crippen molar-refractivity contribution in [2.75, 3.05) is 0 Å². The van der Waals surface area contributed by atoms with Crippen LogP contribution >= 0.6 is 22.6 Å². The lowest BCUT2D eigenvalue weighted by Crippen LogP contribution is -2.31. The highest BCUT2D eigenvalue weighted by atomic mass is 127. The van der Waals surface area contributed by atoms with Crippen LogP contribution in [0.25, 0.3) is 0 Å². The molecule has 0 rings (SSSR count). The predicted octanol–water partition coefficient (Wildman–Crippen LogP) is 2.26. The first-order valence-corrected chi connectivity index (χ1v) is 5.49. The van der Waals surface area contributed by atoms with Gasteiger partial charge in [0.1, 0.15) is 6.23 Å². The Balaban J connectivity index is 3.15. The van der Waals surface area contributed by atoms with E-state index in [-0.39, 0.29) is 6.23 Å². The minimum Gasteiger partial charge on any atom is -0.379 e. The number of hydrogen-bond donors (Lipinski definition) is 2. The summed E-state index contributed by atoms with van der Waals surface area (Å²) in [7, 11) is 0. The van der Waals surface area contributed by atoms with Gasteiger partial charge in [-0.15, -0.1) is 0 Å². The lowest BCUT2D eigenvalue weighted by molar-refractivity contribution is 0.153. The first kappa shape index (κ1) is 11.6. The highest BCUT2D eigenvalue weighted by Gasteiger charge is 2.04. The number of unbranched alkanes of at least 4 members (excludes halogenated alkanes) is 2. The van der Waals surface area contributed by atoms with Crippen LogP contribution in [-0.4, -0.2) is 15.4 Å². The predicted molar refractivity (Wildman–Crippen MR) is 56.8 cm³/mol. The Morgan fingerprint density at radius 3 is 2.55 bits per heavy atom. The van der Waals surface area contributed by atoms with Crippen molar-refractivity contribution < 1.29 is 5.11 Å². The molecule has 0 aromatic carbocycles. The van der Waals surface area contributed by atoms with Crippen molar-refractivity contribution in [2.24, 2.45) is 0 Å². The van der Waals surface area contributed by atoms with Crippen LogP contribution in [0.4, 0.5) is 0 Å². The molecular formula is C8H18INO. The molecule has 0 aliphatic heterocycles. The molecular weight excluding hydrogens is 253 g/mol. The third-order valence-electron chi connectivity index (χ3n) is 1.48. The number of alkyl halides is 1. The third-order valence-corrected chi connectivity index (χ3v) is 2.47. The molecule has 0 amide bonds. The molecule has 3 heteroatoms. The number of halogens is 1. The SMILES string of the molecule is CCCCCC(I)NC(C)O. The maximum atomic E-state index is 8.96. The van der Waals surface area contributed by atoms with Crippen LogP contribution in [0.3, 0.4) is 0 Å². The van der Waals surface area contributed by atoms with Gasteiger partial charge in [-0.2, -0.15) is 0 Å². The summed E-state index contributed by atoms with van der Waals surface area (Å²) in [6.45, 7) is 3.95. The number of aliphatic hydroxyl groups excluding tert-OH is 1. The van der Waals surface area contributed by atoms with Crippen molar-refractivity contribution in [3.05, 3.63) is 0 Å². The number of hydrogen-bond acceptors (Lipinski definition) is 2. The van der Waals surface area contributed by atoms with Crippen LogP contribution in [0.2, 0.25) is 0 Å². The standard InChI is InChI=1S/C8H18INO/c1-3-4-5-6-8(9)10-7(2)11/h7-8,10-11H,3-6H2,1-2H3. The molecule has 0 aliphatic carbocycles. The van der Waals surface area contributed by atoms with Gasteiger partial charge in [0, 0.05) is 0 Å². The molecule has 0 radical (unpaired) electrons. The summed E-state index contributed by atoms with van der Waals surface area (Å²) >= 11 is 2.33. The fourth-order valence-electron chi connectivity index (χ4n) is 0.919. The molecule has 11 heavy (non-hydrogen) atoms. The first-order valence-electron chi connectivity index (χ1n) is 4.25. The van der Waals surface area contributed by atoms with E-state index in [2.05, 4.69) is 34.8 Å². The summed E-state index contributed by atoms with van der Waals surface area (Å²) in [6.07, 6.45) is 4.58. The van der Waals surface area contributed by atoms with Crippen LogP contribution in [0, 0.1) is 0 Å². The van der Waals surface area contributed by atoms with Gasteiger partial charge in [0.25, 0.3) is 0 Å². The van der Waals surface area contributed by atoms with Crippen molar-refractivity contribution in [3.8, 4) is 0 Å². The summed E-state index contributed by atoms with van der Waals surface area (Å²) in [5.74, 6) is 0. The summed E-state index contributed by atoms with van der Waals surface area (Å²) < 4.78 is 0.416. The zero-order valence-electron chi connectivity index (χ0n) is 7.31. The van der Waals surface area contributed by atoms with Gasteiger partial charge in [-0.05, 0) is 13.3 Å². The molecule has 0 aromatic heterocycles. The van der Waals surface area contributed by atoms with Crippen LogP contribution in [0.5, 0.6) is 0 Å². The van der Waals surface area contributed by atoms with Crippen LogP contribution in [0.1, 0.15) is 39.5 Å². The average molecular weight is 271 g/mol. The monoisotopic (exact) mass is 271 g/mol. The second-order valence-electron chi connectivity index (χ2n) is 2.81. The molecule has 0 bridgehead atoms. The van der Waals surface area contributed by atoms with E-state index in [0.717, 1.165) is 6.42 Å². The van der Waals surface area contributed by atoms with Crippen LogP contribution in [0.15, 0.2) is 0 Å². The van der Waals surface area contributed by atoms with Gasteiger partial charge in [0.05, 0.1) is 4.05 Å². The molecule has 2 atom stereocenters. The van der Waals surface area contributed by atoms with Crippen molar-refractivity contribution in [1.29, 1.82) is 0 Å². The fraction of sp³-hybridized carbons (Fsp3) is 1.00. The Morgan fingerprint density at radius 1 is 1.45 bits per heavy atom. The maximum Gasteiger partial charge on any atom is 0.102 e. The second-order valence-corrected chi connectivity index (χ2v) is 4.31. The lowest BCUT2D eigenvalue weighted by Gasteiger charge is -2.13. The molecule has 0 aliphatic rings. The largest absolute Gasteiger partial charge is 0.379 e. The molecule has 0 saturated heterocycles. The summed E-state index contributed by atoms with van der Waals surface area (Å²) in [4.78, 5) is 0. The summed E-state index contributed by atoms with van der Waals surface area (Å²) in [5.41, 5.74) is 0. The molecule has 2 nitrogen and oxygen atoms in total. The van der Waals surface area contributed by atoms with E-state index in [0.29, 0.717) is 4.05 Å². The van der Waals surface area contributed by atoms with Gasteiger partial charge >= 0.3 is 0 Å². The Labute approximate surface area is 82.9 Å². The zero-order valence-corrected chi connectivity index (χ0v) is 9.47. The van der Waals surface area contributed by atoms with Gasteiger partial charge < -0.3 is 5.11 Å². The number of rotatable bonds is 6. The van der Waals surface area contributed by atoms with Gasteiger partial charge in [-0.1, -0.05) is 48.8 Å². The van der Waals surface area contributed by atoms with Gasteiger partial charge in [-0.3, -0.25) is 5.32 Å². The van der Waals surface area contributed by atoms with E-state index in [9.17, 15) is 0 Å². The van der Waals surface area contributed by atoms with Crippen molar-refractivity contribution in [3.63, 3.8) is 0 Å². The smallest absolute Gasteiger partial charge is 0.102 e. The molecule has 0 spiro atoms. The number of nitrogens with one attached hydrogen (secondary N) is 1. The topological polar surface area (TPSA) is 32.3 Å². The van der Waals surface area contributed by atoms with E-state index in [1.807, 2.05) is 0 Å². The van der Waals surface area contributed by atoms with E-state index < -0.39 is 0 Å². The third kappa shape index (κ3) is 8.56. The Kier molecular flexibility index (Phi) is 7.74. The Bertz CT molecular complexity index is 88.2. The van der Waals surface area contributed by atoms with Crippen molar-refractivity contribution in [2.45, 2.75) is 49.8 Å². The molecule has 2 N–H and O–H groups in total. The summed E-state index contributed by atoms with van der Waals surface area (Å²) in [6, 6.07) is 0. The molecule has 0 heterocycles. The van der Waals surface area contributed by atoms with Gasteiger partial charge in [-0.25, -0.2) is 0 Å². The molecule has 0 fully saturated rings. The first-order chi connectivity index (χ1) is 5.16. The van der Waals surface area contributed by atoms with Crippen LogP contribution < -0.4 is 5.32 Å². The second kappa shape index (κ2) is 7.31. The Morgan fingerprint density at radius 2 is 2.09 bits per heavy atom. The minimum absolute atomic E-state index is 0.376. The van der Waals surface area contributed by atoms with Gasteiger partial charge in [0.15, 0.2) is 0 Å². The van der Waals surface area contributed by atoms with Crippen LogP contribution in [-0.2, 0) is 0 Å². The quantitative estimate of drug-likeness (QED) is 0.255. The van der Waals surface area contributed by atoms with E-state index >= 15 is 0 Å². The lowest BCUT2D eigenvalue weighted by atomic mass is 10.2. The van der Waals surface area contributed by atoms with E-state index in [1.54, 1.807) is 6.92 Å². The normalized spacial score (nSPS) is 16.4. The highest BCUT2D eigenvalue weighted by molar-refractivity contribution is 14.1. The highest BCUT2D eigenvalue weighted by Crippen LogP contribution is 2.08. The zero-order chi connectivity index (χ0) is 8.69. The molecule has 0 aromatic rings. The molecule has 68 valence electrons. The van der Waals surface area contributed by atoms with Crippen molar-refractivity contribution in [1.82, 2.24) is 5.32 Å². The van der Waals surface area contributed by atoms with E-state index in [4.69, 9.17) is 5.11 Å². The average Bonchev–Trinajstić information content (AvgIpc) is 1.86. The fourth-order valence-corrected chi connectivity index (χ4v) is 1.88. The number of aliphatic hydroxyl groups is 1. The van der Waals surface area contributed by atoms with Gasteiger partial charge in [0.2, 0.25) is 0 Å². The summed E-state index contributed by atoms with van der Waals surface area (Å²) in [5, 5.41) is 12.0. The van der Waals surface area contributed by atoms with Crippen molar-refractivity contribution >= 4 is 22.6 Å². The maximum absolute atomic E-state index is 8.96. The molecule has 2 unspecified atom stereocenters. The molecule has 0 saturated carbocycles. The Hall–Kier alpha value is 0.650. The van der Waals surface area contributed by atoms with E-state index in [1.165, 1.54) is 19.3 Å². The minimum atomic E-state index is -0.376.